The zero-order chi connectivity index (χ0) is 24.3. The van der Waals surface area contributed by atoms with E-state index in [1.54, 1.807) is 30.3 Å². The fourth-order valence-corrected chi connectivity index (χ4v) is 5.10. The first-order valence-electron chi connectivity index (χ1n) is 10.1. The smallest absolute Gasteiger partial charge is 0.339 e. The molecule has 0 spiro atoms. The zero-order valence-corrected chi connectivity index (χ0v) is 19.5. The fourth-order valence-electron chi connectivity index (χ4n) is 3.24. The van der Waals surface area contributed by atoms with Gasteiger partial charge in [0.05, 0.1) is 12.6 Å². The molecule has 0 aliphatic carbocycles. The van der Waals surface area contributed by atoms with E-state index in [0.29, 0.717) is 10.9 Å². The van der Waals surface area contributed by atoms with E-state index in [0.717, 1.165) is 22.7 Å². The number of carboxylic acid groups (broad SMARTS) is 1. The van der Waals surface area contributed by atoms with Gasteiger partial charge in [-0.05, 0) is 35.9 Å². The average molecular weight is 498 g/mol. The first-order chi connectivity index (χ1) is 16.2. The highest BCUT2D eigenvalue weighted by Crippen LogP contribution is 2.29. The lowest BCUT2D eigenvalue weighted by Crippen LogP contribution is -2.26. The number of rotatable bonds is 7. The first-order valence-corrected chi connectivity index (χ1v) is 12.3. The van der Waals surface area contributed by atoms with Crippen LogP contribution < -0.4 is 9.50 Å². The number of hydrogen-bond donors (Lipinski definition) is 2. The monoisotopic (exact) mass is 497 g/mol. The van der Waals surface area contributed by atoms with Crippen LogP contribution in [0, 0.1) is 6.92 Å². The number of nitrogens with one attached hydrogen (secondary N) is 1. The lowest BCUT2D eigenvalue weighted by molar-refractivity contribution is -0.138. The van der Waals surface area contributed by atoms with E-state index in [-0.39, 0.29) is 22.2 Å². The third-order valence-electron chi connectivity index (χ3n) is 4.91. The summed E-state index contributed by atoms with van der Waals surface area (Å²) in [7, 11) is -4.10. The van der Waals surface area contributed by atoms with Gasteiger partial charge in [-0.25, -0.2) is 0 Å². The number of benzene rings is 3. The number of amidine groups is 1. The number of fused-ring (bicyclic) bond motifs is 1. The molecule has 1 amide bonds. The summed E-state index contributed by atoms with van der Waals surface area (Å²) in [6.07, 6.45) is 1.00. The van der Waals surface area contributed by atoms with Crippen LogP contribution in [0.3, 0.4) is 0 Å². The van der Waals surface area contributed by atoms with Crippen LogP contribution in [0.25, 0.3) is 10.8 Å². The minimum Gasteiger partial charge on any atom is -0.481 e. The molecular formula is C23H19N3O6S2. The second-order valence-electron chi connectivity index (χ2n) is 7.39. The Morgan fingerprint density at radius 3 is 2.62 bits per heavy atom. The summed E-state index contributed by atoms with van der Waals surface area (Å²) in [6.45, 7) is 1.85. The SMILES string of the molecule is Cc1ccc(S(=O)(=O)Oc2ccc3ccccc3c2/C=N\N=C2\NC(=O)[C@H](CC(=O)O)S2)cc1. The Labute approximate surface area is 199 Å². The van der Waals surface area contributed by atoms with Gasteiger partial charge in [0, 0.05) is 5.56 Å². The van der Waals surface area contributed by atoms with Gasteiger partial charge in [-0.15, -0.1) is 5.10 Å². The van der Waals surface area contributed by atoms with E-state index in [2.05, 4.69) is 15.5 Å². The summed E-state index contributed by atoms with van der Waals surface area (Å²) in [6, 6.07) is 16.9. The minimum absolute atomic E-state index is 0.0175. The van der Waals surface area contributed by atoms with Crippen LogP contribution in [0.2, 0.25) is 0 Å². The first kappa shape index (κ1) is 23.5. The van der Waals surface area contributed by atoms with Crippen molar-refractivity contribution in [3.63, 3.8) is 0 Å². The van der Waals surface area contributed by atoms with Gasteiger partial charge in [-0.2, -0.15) is 13.5 Å². The molecule has 34 heavy (non-hydrogen) atoms. The fraction of sp³-hybridized carbons (Fsp3) is 0.130. The van der Waals surface area contributed by atoms with Gasteiger partial charge < -0.3 is 14.6 Å². The Kier molecular flexibility index (Phi) is 6.66. The van der Waals surface area contributed by atoms with E-state index in [9.17, 15) is 18.0 Å². The van der Waals surface area contributed by atoms with Crippen LogP contribution >= 0.6 is 11.8 Å². The van der Waals surface area contributed by atoms with Crippen LogP contribution in [0.4, 0.5) is 0 Å². The Bertz CT molecular complexity index is 1430. The van der Waals surface area contributed by atoms with Gasteiger partial charge in [-0.1, -0.05) is 59.8 Å². The predicted molar refractivity (Wildman–Crippen MR) is 130 cm³/mol. The van der Waals surface area contributed by atoms with Gasteiger partial charge >= 0.3 is 16.1 Å². The highest BCUT2D eigenvalue weighted by atomic mass is 32.2. The molecule has 3 aromatic rings. The largest absolute Gasteiger partial charge is 0.481 e. The van der Waals surface area contributed by atoms with Gasteiger partial charge in [-0.3, -0.25) is 9.59 Å². The second kappa shape index (κ2) is 9.65. The van der Waals surface area contributed by atoms with Crippen molar-refractivity contribution in [2.45, 2.75) is 23.5 Å². The molecule has 9 nitrogen and oxygen atoms in total. The molecule has 0 radical (unpaired) electrons. The molecule has 174 valence electrons. The average Bonchev–Trinajstić information content (AvgIpc) is 3.13. The van der Waals surface area contributed by atoms with Gasteiger partial charge in [0.2, 0.25) is 5.91 Å². The summed E-state index contributed by atoms with van der Waals surface area (Å²) in [4.78, 5) is 22.8. The normalized spacial score (nSPS) is 17.4. The van der Waals surface area contributed by atoms with Crippen LogP contribution in [0.5, 0.6) is 5.75 Å². The van der Waals surface area contributed by atoms with Crippen LogP contribution in [-0.2, 0) is 19.7 Å². The second-order valence-corrected chi connectivity index (χ2v) is 10.1. The summed E-state index contributed by atoms with van der Waals surface area (Å²) < 4.78 is 31.2. The standard InChI is InChI=1S/C23H19N3O6S2/c1-14-6-9-16(10-7-14)34(30,31)32-19-11-8-15-4-2-3-5-17(15)18(19)13-24-26-23-25-22(29)20(33-23)12-21(27)28/h2-11,13,20H,12H2,1H3,(H,27,28)(H,25,26,29)/b24-13-/t20-/m0/s1. The third-order valence-corrected chi connectivity index (χ3v) is 7.23. The van der Waals surface area contributed by atoms with Crippen molar-refractivity contribution in [1.29, 1.82) is 0 Å². The van der Waals surface area contributed by atoms with Crippen molar-refractivity contribution in [2.75, 3.05) is 0 Å². The molecule has 1 heterocycles. The summed E-state index contributed by atoms with van der Waals surface area (Å²) >= 11 is 0.966. The molecule has 3 aromatic carbocycles. The highest BCUT2D eigenvalue weighted by Gasteiger charge is 2.32. The highest BCUT2D eigenvalue weighted by molar-refractivity contribution is 8.15. The molecule has 0 unspecified atom stereocenters. The molecule has 11 heteroatoms. The van der Waals surface area contributed by atoms with E-state index in [1.807, 2.05) is 19.1 Å². The number of carboxylic acids is 1. The topological polar surface area (TPSA) is 134 Å². The molecule has 4 rings (SSSR count). The maximum absolute atomic E-state index is 12.9. The number of carbonyl (C=O) groups is 2. The molecule has 0 aromatic heterocycles. The molecule has 0 saturated carbocycles. The number of aliphatic carboxylic acids is 1. The zero-order valence-electron chi connectivity index (χ0n) is 17.8. The molecule has 1 aliphatic heterocycles. The molecule has 0 bridgehead atoms. The van der Waals surface area contributed by atoms with Crippen LogP contribution in [-0.4, -0.2) is 42.0 Å². The molecular weight excluding hydrogens is 478 g/mol. The van der Waals surface area contributed by atoms with E-state index < -0.39 is 27.2 Å². The van der Waals surface area contributed by atoms with Crippen LogP contribution in [0.1, 0.15) is 17.5 Å². The maximum atomic E-state index is 12.9. The van der Waals surface area contributed by atoms with Gasteiger partial charge in [0.1, 0.15) is 10.1 Å². The van der Waals surface area contributed by atoms with Crippen molar-refractivity contribution < 1.29 is 27.3 Å². The minimum atomic E-state index is -4.10. The van der Waals surface area contributed by atoms with Crippen molar-refractivity contribution in [2.24, 2.45) is 10.2 Å². The van der Waals surface area contributed by atoms with Crippen molar-refractivity contribution in [3.05, 3.63) is 71.8 Å². The summed E-state index contributed by atoms with van der Waals surface area (Å²) in [5, 5.41) is 20.2. The maximum Gasteiger partial charge on any atom is 0.339 e. The predicted octanol–water partition coefficient (Wildman–Crippen LogP) is 3.31. The lowest BCUT2D eigenvalue weighted by atomic mass is 10.0. The molecule has 1 saturated heterocycles. The van der Waals surface area contributed by atoms with Crippen molar-refractivity contribution in [3.8, 4) is 5.75 Å². The number of nitrogens with zero attached hydrogens (tertiary/aromatic N) is 2. The summed E-state index contributed by atoms with van der Waals surface area (Å²) in [5.41, 5.74) is 1.30. The number of hydrogen-bond acceptors (Lipinski definition) is 8. The molecule has 1 aliphatic rings. The van der Waals surface area contributed by atoms with E-state index in [4.69, 9.17) is 9.29 Å². The quantitative estimate of drug-likeness (QED) is 0.290. The molecule has 1 atom stereocenters. The number of carbonyl (C=O) groups excluding carboxylic acids is 1. The Hall–Kier alpha value is -3.70. The number of aryl methyl sites for hydroxylation is 1. The van der Waals surface area contributed by atoms with Gasteiger partial charge in [0.25, 0.3) is 0 Å². The summed E-state index contributed by atoms with van der Waals surface area (Å²) in [5.74, 6) is -1.49. The lowest BCUT2D eigenvalue weighted by Gasteiger charge is -2.11. The number of thioether (sulfide) groups is 1. The molecule has 2 N–H and O–H groups in total. The Morgan fingerprint density at radius 1 is 1.15 bits per heavy atom. The van der Waals surface area contributed by atoms with Gasteiger partial charge in [0.15, 0.2) is 10.9 Å². The van der Waals surface area contributed by atoms with Crippen molar-refractivity contribution >= 4 is 55.9 Å². The Balaban J connectivity index is 1.66. The number of amides is 1. The van der Waals surface area contributed by atoms with E-state index in [1.165, 1.54) is 24.4 Å². The van der Waals surface area contributed by atoms with Crippen LogP contribution in [0.15, 0.2) is 75.8 Å². The molecule has 1 fully saturated rings. The Morgan fingerprint density at radius 2 is 1.88 bits per heavy atom. The van der Waals surface area contributed by atoms with Crippen molar-refractivity contribution in [1.82, 2.24) is 5.32 Å². The van der Waals surface area contributed by atoms with E-state index >= 15 is 0 Å². The third kappa shape index (κ3) is 5.26.